The predicted molar refractivity (Wildman–Crippen MR) is 118 cm³/mol. The first-order chi connectivity index (χ1) is 14.2. The summed E-state index contributed by atoms with van der Waals surface area (Å²) in [7, 11) is 0. The van der Waals surface area contributed by atoms with Crippen molar-refractivity contribution in [2.24, 2.45) is 0 Å². The Balaban J connectivity index is 1.39. The lowest BCUT2D eigenvalue weighted by Crippen LogP contribution is -2.40. The topological polar surface area (TPSA) is 58.1 Å². The molecule has 0 bridgehead atoms. The second-order valence-electron chi connectivity index (χ2n) is 7.28. The van der Waals surface area contributed by atoms with Crippen LogP contribution in [0.3, 0.4) is 0 Å². The lowest BCUT2D eigenvalue weighted by Gasteiger charge is -2.32. The molecule has 1 amide bonds. The number of amides is 1. The van der Waals surface area contributed by atoms with Crippen LogP contribution in [0.15, 0.2) is 54.0 Å². The summed E-state index contributed by atoms with van der Waals surface area (Å²) in [5.41, 5.74) is 3.21. The summed E-state index contributed by atoms with van der Waals surface area (Å²) in [6, 6.07) is 14.1. The zero-order valence-electron chi connectivity index (χ0n) is 16.1. The SMILES string of the molecule is O=C(CN1CCCC(c2cccc(Cc3ccccc3Cl)n2)C1)Nc1nccs1. The Morgan fingerprint density at radius 2 is 2.14 bits per heavy atom. The minimum absolute atomic E-state index is 0.0129. The maximum Gasteiger partial charge on any atom is 0.240 e. The van der Waals surface area contributed by atoms with E-state index in [1.165, 1.54) is 11.3 Å². The molecule has 3 heterocycles. The second kappa shape index (κ2) is 9.48. The molecule has 4 rings (SSSR count). The van der Waals surface area contributed by atoms with Gasteiger partial charge in [-0.3, -0.25) is 14.7 Å². The van der Waals surface area contributed by atoms with E-state index in [4.69, 9.17) is 16.6 Å². The van der Waals surface area contributed by atoms with Gasteiger partial charge in [-0.15, -0.1) is 11.3 Å². The summed E-state index contributed by atoms with van der Waals surface area (Å²) in [6.07, 6.45) is 4.57. The number of anilines is 1. The van der Waals surface area contributed by atoms with E-state index in [0.717, 1.165) is 54.3 Å². The molecule has 1 aliphatic heterocycles. The van der Waals surface area contributed by atoms with Crippen molar-refractivity contribution in [3.63, 3.8) is 0 Å². The molecule has 0 spiro atoms. The number of rotatable bonds is 6. The molecule has 1 saturated heterocycles. The Kier molecular flexibility index (Phi) is 6.54. The number of nitrogens with zero attached hydrogens (tertiary/aromatic N) is 3. The van der Waals surface area contributed by atoms with Crippen molar-refractivity contribution in [2.75, 3.05) is 25.0 Å². The van der Waals surface area contributed by atoms with E-state index in [1.54, 1.807) is 6.20 Å². The van der Waals surface area contributed by atoms with Crippen LogP contribution < -0.4 is 5.32 Å². The number of halogens is 1. The number of hydrogen-bond donors (Lipinski definition) is 1. The standard InChI is InChI=1S/C22H23ClN4OS/c23-19-8-2-1-5-16(19)13-18-7-3-9-20(25-18)17-6-4-11-27(14-17)15-21(28)26-22-24-10-12-29-22/h1-3,5,7-10,12,17H,4,6,11,13-15H2,(H,24,26,28). The molecule has 1 atom stereocenters. The summed E-state index contributed by atoms with van der Waals surface area (Å²) in [6.45, 7) is 2.16. The van der Waals surface area contributed by atoms with Crippen molar-refractivity contribution in [2.45, 2.75) is 25.2 Å². The second-order valence-corrected chi connectivity index (χ2v) is 8.58. The van der Waals surface area contributed by atoms with E-state index >= 15 is 0 Å². The number of carbonyl (C=O) groups is 1. The van der Waals surface area contributed by atoms with E-state index in [2.05, 4.69) is 33.4 Å². The molecule has 1 N–H and O–H groups in total. The van der Waals surface area contributed by atoms with Crippen LogP contribution >= 0.6 is 22.9 Å². The van der Waals surface area contributed by atoms with E-state index < -0.39 is 0 Å². The van der Waals surface area contributed by atoms with Gasteiger partial charge in [-0.1, -0.05) is 35.9 Å². The Hall–Kier alpha value is -2.28. The first-order valence-corrected chi connectivity index (χ1v) is 11.0. The highest BCUT2D eigenvalue weighted by Gasteiger charge is 2.24. The van der Waals surface area contributed by atoms with Gasteiger partial charge in [-0.2, -0.15) is 0 Å². The van der Waals surface area contributed by atoms with Crippen LogP contribution in [-0.4, -0.2) is 40.4 Å². The molecule has 1 unspecified atom stereocenters. The average molecular weight is 427 g/mol. The van der Waals surface area contributed by atoms with Crippen molar-refractivity contribution in [1.29, 1.82) is 0 Å². The zero-order chi connectivity index (χ0) is 20.1. The largest absolute Gasteiger partial charge is 0.301 e. The fourth-order valence-electron chi connectivity index (χ4n) is 3.75. The Morgan fingerprint density at radius 1 is 1.24 bits per heavy atom. The molecule has 2 aromatic heterocycles. The number of hydrogen-bond acceptors (Lipinski definition) is 5. The highest BCUT2D eigenvalue weighted by atomic mass is 35.5. The van der Waals surface area contributed by atoms with Crippen LogP contribution in [0.4, 0.5) is 5.13 Å². The van der Waals surface area contributed by atoms with E-state index in [9.17, 15) is 4.79 Å². The molecule has 0 radical (unpaired) electrons. The van der Waals surface area contributed by atoms with Crippen LogP contribution in [0.1, 0.15) is 35.7 Å². The molecule has 29 heavy (non-hydrogen) atoms. The quantitative estimate of drug-likeness (QED) is 0.625. The van der Waals surface area contributed by atoms with Gasteiger partial charge in [0, 0.05) is 46.9 Å². The lowest BCUT2D eigenvalue weighted by molar-refractivity contribution is -0.117. The van der Waals surface area contributed by atoms with Gasteiger partial charge < -0.3 is 5.32 Å². The molecular weight excluding hydrogens is 404 g/mol. The molecule has 0 aliphatic carbocycles. The Morgan fingerprint density at radius 3 is 2.97 bits per heavy atom. The number of aromatic nitrogens is 2. The first kappa shape index (κ1) is 20.0. The monoisotopic (exact) mass is 426 g/mol. The maximum absolute atomic E-state index is 12.3. The third kappa shape index (κ3) is 5.41. The lowest BCUT2D eigenvalue weighted by atomic mass is 9.94. The van der Waals surface area contributed by atoms with Crippen LogP contribution in [-0.2, 0) is 11.2 Å². The number of carbonyl (C=O) groups excluding carboxylic acids is 1. The molecule has 5 nitrogen and oxygen atoms in total. The summed E-state index contributed by atoms with van der Waals surface area (Å²) in [5, 5.41) is 6.14. The van der Waals surface area contributed by atoms with Crippen molar-refractivity contribution in [1.82, 2.24) is 14.9 Å². The van der Waals surface area contributed by atoms with Crippen LogP contribution in [0, 0.1) is 0 Å². The highest BCUT2D eigenvalue weighted by molar-refractivity contribution is 7.13. The predicted octanol–water partition coefficient (Wildman–Crippen LogP) is 4.60. The summed E-state index contributed by atoms with van der Waals surface area (Å²) in [5.74, 6) is 0.323. The summed E-state index contributed by atoms with van der Waals surface area (Å²) < 4.78 is 0. The number of nitrogens with one attached hydrogen (secondary N) is 1. The number of piperidine rings is 1. The molecular formula is C22H23ClN4OS. The van der Waals surface area contributed by atoms with Crippen LogP contribution in [0.2, 0.25) is 5.02 Å². The molecule has 3 aromatic rings. The first-order valence-electron chi connectivity index (χ1n) is 9.78. The van der Waals surface area contributed by atoms with Crippen LogP contribution in [0.25, 0.3) is 0 Å². The van der Waals surface area contributed by atoms with E-state index in [1.807, 2.05) is 29.6 Å². The normalized spacial score (nSPS) is 17.2. The average Bonchev–Trinajstić information content (AvgIpc) is 3.23. The fraction of sp³-hybridized carbons (Fsp3) is 0.318. The number of pyridine rings is 1. The van der Waals surface area contributed by atoms with Crippen molar-refractivity contribution in [3.8, 4) is 0 Å². The molecule has 1 aromatic carbocycles. The fourth-order valence-corrected chi connectivity index (χ4v) is 4.50. The van der Waals surface area contributed by atoms with Gasteiger partial charge in [-0.25, -0.2) is 4.98 Å². The number of benzene rings is 1. The van der Waals surface area contributed by atoms with E-state index in [-0.39, 0.29) is 5.91 Å². The van der Waals surface area contributed by atoms with Crippen molar-refractivity contribution >= 4 is 34.0 Å². The van der Waals surface area contributed by atoms with Gasteiger partial charge in [0.1, 0.15) is 0 Å². The number of thiazole rings is 1. The summed E-state index contributed by atoms with van der Waals surface area (Å²) >= 11 is 7.74. The molecule has 7 heteroatoms. The van der Waals surface area contributed by atoms with Crippen LogP contribution in [0.5, 0.6) is 0 Å². The highest BCUT2D eigenvalue weighted by Crippen LogP contribution is 2.26. The minimum Gasteiger partial charge on any atom is -0.301 e. The molecule has 1 fully saturated rings. The third-order valence-electron chi connectivity index (χ3n) is 5.13. The van der Waals surface area contributed by atoms with Gasteiger partial charge in [0.2, 0.25) is 5.91 Å². The van der Waals surface area contributed by atoms with E-state index in [0.29, 0.717) is 17.6 Å². The van der Waals surface area contributed by atoms with Gasteiger partial charge >= 0.3 is 0 Å². The molecule has 1 aliphatic rings. The number of likely N-dealkylation sites (tertiary alicyclic amines) is 1. The van der Waals surface area contributed by atoms with Gasteiger partial charge in [0.25, 0.3) is 0 Å². The third-order valence-corrected chi connectivity index (χ3v) is 6.18. The van der Waals surface area contributed by atoms with Gasteiger partial charge in [0.05, 0.1) is 6.54 Å². The molecule has 0 saturated carbocycles. The maximum atomic E-state index is 12.3. The Labute approximate surface area is 179 Å². The zero-order valence-corrected chi connectivity index (χ0v) is 17.6. The van der Waals surface area contributed by atoms with Gasteiger partial charge in [0.15, 0.2) is 5.13 Å². The molecule has 150 valence electrons. The van der Waals surface area contributed by atoms with Gasteiger partial charge in [-0.05, 0) is 43.1 Å². The Bertz CT molecular complexity index is 963. The van der Waals surface area contributed by atoms with Crippen molar-refractivity contribution < 1.29 is 4.79 Å². The van der Waals surface area contributed by atoms with Crippen molar-refractivity contribution in [3.05, 3.63) is 76.0 Å². The summed E-state index contributed by atoms with van der Waals surface area (Å²) in [4.78, 5) is 23.5. The smallest absolute Gasteiger partial charge is 0.240 e. The minimum atomic E-state index is -0.0129.